The third-order valence-electron chi connectivity index (χ3n) is 4.44. The number of hydrogen-bond donors (Lipinski definition) is 2. The van der Waals surface area contributed by atoms with Crippen LogP contribution >= 0.6 is 0 Å². The Kier molecular flexibility index (Phi) is 7.63. The molecule has 0 radical (unpaired) electrons. The van der Waals surface area contributed by atoms with Gasteiger partial charge in [0.2, 0.25) is 0 Å². The highest BCUT2D eigenvalue weighted by atomic mass is 16.5. The standard InChI is InChI=1S/C17H36N4O/c1-13-8-14(2)10-21(9-13)17(4,5)12-19-16(18-6)20-15(3)11-22-7/h13-15H,8-12H2,1-7H3,(H2,18,19,20). The van der Waals surface area contributed by atoms with E-state index in [0.29, 0.717) is 6.61 Å². The van der Waals surface area contributed by atoms with Crippen molar-refractivity contribution in [2.45, 2.75) is 52.6 Å². The van der Waals surface area contributed by atoms with Crippen LogP contribution in [-0.2, 0) is 4.74 Å². The molecule has 130 valence electrons. The Morgan fingerprint density at radius 2 is 1.91 bits per heavy atom. The minimum atomic E-state index is 0.116. The van der Waals surface area contributed by atoms with E-state index in [2.05, 4.69) is 55.1 Å². The van der Waals surface area contributed by atoms with E-state index in [1.54, 1.807) is 7.11 Å². The predicted octanol–water partition coefficient (Wildman–Crippen LogP) is 1.94. The van der Waals surface area contributed by atoms with Crippen LogP contribution < -0.4 is 10.6 Å². The summed E-state index contributed by atoms with van der Waals surface area (Å²) in [6.07, 6.45) is 1.35. The summed E-state index contributed by atoms with van der Waals surface area (Å²) in [7, 11) is 3.53. The molecule has 1 fully saturated rings. The zero-order chi connectivity index (χ0) is 16.8. The van der Waals surface area contributed by atoms with Crippen molar-refractivity contribution in [2.24, 2.45) is 16.8 Å². The van der Waals surface area contributed by atoms with Gasteiger partial charge in [-0.05, 0) is 39.0 Å². The molecule has 0 saturated carbocycles. The number of rotatable bonds is 6. The SMILES string of the molecule is CN=C(NCC(C)(C)N1CC(C)CC(C)C1)NC(C)COC. The second-order valence-corrected chi connectivity index (χ2v) is 7.59. The molecular formula is C17H36N4O. The number of nitrogens with zero attached hydrogens (tertiary/aromatic N) is 2. The van der Waals surface area contributed by atoms with Crippen molar-refractivity contribution in [1.29, 1.82) is 0 Å². The van der Waals surface area contributed by atoms with Crippen LogP contribution in [-0.4, -0.2) is 62.8 Å². The van der Waals surface area contributed by atoms with Crippen LogP contribution in [0.4, 0.5) is 0 Å². The number of likely N-dealkylation sites (tertiary alicyclic amines) is 1. The van der Waals surface area contributed by atoms with Gasteiger partial charge in [0.1, 0.15) is 0 Å². The van der Waals surface area contributed by atoms with Crippen molar-refractivity contribution in [2.75, 3.05) is 40.4 Å². The topological polar surface area (TPSA) is 48.9 Å². The second kappa shape index (κ2) is 8.73. The number of nitrogens with one attached hydrogen (secondary N) is 2. The van der Waals surface area contributed by atoms with Crippen molar-refractivity contribution in [1.82, 2.24) is 15.5 Å². The lowest BCUT2D eigenvalue weighted by molar-refractivity contribution is 0.0483. The summed E-state index contributed by atoms with van der Waals surface area (Å²) in [4.78, 5) is 6.92. The third-order valence-corrected chi connectivity index (χ3v) is 4.44. The molecule has 22 heavy (non-hydrogen) atoms. The van der Waals surface area contributed by atoms with Gasteiger partial charge >= 0.3 is 0 Å². The van der Waals surface area contributed by atoms with Gasteiger partial charge < -0.3 is 15.4 Å². The molecule has 3 atom stereocenters. The molecule has 3 unspecified atom stereocenters. The van der Waals surface area contributed by atoms with Gasteiger partial charge in [0, 0.05) is 45.4 Å². The quantitative estimate of drug-likeness (QED) is 0.581. The van der Waals surface area contributed by atoms with Crippen LogP contribution in [0, 0.1) is 11.8 Å². The highest BCUT2D eigenvalue weighted by Crippen LogP contribution is 2.26. The molecule has 0 aromatic rings. The summed E-state index contributed by atoms with van der Waals surface area (Å²) >= 11 is 0. The number of guanidine groups is 1. The van der Waals surface area contributed by atoms with Crippen molar-refractivity contribution >= 4 is 5.96 Å². The molecule has 0 spiro atoms. The summed E-state index contributed by atoms with van der Waals surface area (Å²) < 4.78 is 5.16. The highest BCUT2D eigenvalue weighted by molar-refractivity contribution is 5.80. The first-order chi connectivity index (χ1) is 10.3. The van der Waals surface area contributed by atoms with E-state index in [1.807, 2.05) is 7.05 Å². The first kappa shape index (κ1) is 19.2. The minimum absolute atomic E-state index is 0.116. The summed E-state index contributed by atoms with van der Waals surface area (Å²) in [6.45, 7) is 15.4. The molecule has 1 heterocycles. The fraction of sp³-hybridized carbons (Fsp3) is 0.941. The lowest BCUT2D eigenvalue weighted by Gasteiger charge is -2.45. The molecule has 1 aliphatic heterocycles. The Morgan fingerprint density at radius 3 is 2.41 bits per heavy atom. The van der Waals surface area contributed by atoms with Crippen LogP contribution in [0.2, 0.25) is 0 Å². The molecule has 0 amide bonds. The first-order valence-corrected chi connectivity index (χ1v) is 8.49. The maximum Gasteiger partial charge on any atom is 0.191 e. The average molecular weight is 313 g/mol. The molecule has 5 nitrogen and oxygen atoms in total. The smallest absolute Gasteiger partial charge is 0.191 e. The molecule has 0 aliphatic carbocycles. The Morgan fingerprint density at radius 1 is 1.32 bits per heavy atom. The van der Waals surface area contributed by atoms with E-state index in [-0.39, 0.29) is 11.6 Å². The second-order valence-electron chi connectivity index (χ2n) is 7.59. The Balaban J connectivity index is 2.52. The molecule has 0 aromatic heterocycles. The van der Waals surface area contributed by atoms with Crippen molar-refractivity contribution in [3.8, 4) is 0 Å². The number of aliphatic imine (C=N–C) groups is 1. The molecule has 1 aliphatic rings. The zero-order valence-electron chi connectivity index (χ0n) is 15.6. The van der Waals surface area contributed by atoms with Gasteiger partial charge in [-0.1, -0.05) is 13.8 Å². The van der Waals surface area contributed by atoms with Crippen molar-refractivity contribution in [3.05, 3.63) is 0 Å². The van der Waals surface area contributed by atoms with E-state index < -0.39 is 0 Å². The molecule has 0 aromatic carbocycles. The van der Waals surface area contributed by atoms with Crippen LogP contribution in [0.25, 0.3) is 0 Å². The monoisotopic (exact) mass is 312 g/mol. The van der Waals surface area contributed by atoms with Crippen LogP contribution in [0.1, 0.15) is 41.0 Å². The molecular weight excluding hydrogens is 276 g/mol. The van der Waals surface area contributed by atoms with Gasteiger partial charge in [-0.15, -0.1) is 0 Å². The largest absolute Gasteiger partial charge is 0.383 e. The number of methoxy groups -OCH3 is 1. The Bertz CT molecular complexity index is 347. The summed E-state index contributed by atoms with van der Waals surface area (Å²) in [5, 5.41) is 6.82. The normalized spacial score (nSPS) is 25.9. The number of piperidine rings is 1. The lowest BCUT2D eigenvalue weighted by atomic mass is 9.88. The Labute approximate surface area is 136 Å². The van der Waals surface area contributed by atoms with Crippen LogP contribution in [0.3, 0.4) is 0 Å². The summed E-state index contributed by atoms with van der Waals surface area (Å²) in [5.74, 6) is 2.40. The molecule has 2 N–H and O–H groups in total. The van der Waals surface area contributed by atoms with Crippen LogP contribution in [0.5, 0.6) is 0 Å². The summed E-state index contributed by atoms with van der Waals surface area (Å²) in [5.41, 5.74) is 0.116. The Hall–Kier alpha value is -0.810. The molecule has 1 saturated heterocycles. The van der Waals surface area contributed by atoms with E-state index in [9.17, 15) is 0 Å². The van der Waals surface area contributed by atoms with Gasteiger partial charge in [0.05, 0.1) is 6.61 Å². The van der Waals surface area contributed by atoms with Crippen LogP contribution in [0.15, 0.2) is 4.99 Å². The van der Waals surface area contributed by atoms with Crippen molar-refractivity contribution < 1.29 is 4.74 Å². The average Bonchev–Trinajstić information content (AvgIpc) is 2.42. The lowest BCUT2D eigenvalue weighted by Crippen LogP contribution is -2.57. The van der Waals surface area contributed by atoms with E-state index in [4.69, 9.17) is 4.74 Å². The van der Waals surface area contributed by atoms with E-state index >= 15 is 0 Å². The van der Waals surface area contributed by atoms with E-state index in [1.165, 1.54) is 19.5 Å². The molecule has 1 rings (SSSR count). The van der Waals surface area contributed by atoms with E-state index in [0.717, 1.165) is 24.3 Å². The minimum Gasteiger partial charge on any atom is -0.383 e. The van der Waals surface area contributed by atoms with Gasteiger partial charge in [-0.3, -0.25) is 9.89 Å². The number of ether oxygens (including phenoxy) is 1. The third kappa shape index (κ3) is 6.13. The maximum atomic E-state index is 5.16. The predicted molar refractivity (Wildman–Crippen MR) is 94.4 cm³/mol. The molecule has 0 bridgehead atoms. The zero-order valence-corrected chi connectivity index (χ0v) is 15.6. The number of hydrogen-bond acceptors (Lipinski definition) is 3. The highest BCUT2D eigenvalue weighted by Gasteiger charge is 2.32. The summed E-state index contributed by atoms with van der Waals surface area (Å²) in [6, 6.07) is 0.245. The first-order valence-electron chi connectivity index (χ1n) is 8.49. The van der Waals surface area contributed by atoms with Gasteiger partial charge in [0.25, 0.3) is 0 Å². The van der Waals surface area contributed by atoms with Gasteiger partial charge in [-0.25, -0.2) is 0 Å². The van der Waals surface area contributed by atoms with Gasteiger partial charge in [-0.2, -0.15) is 0 Å². The fourth-order valence-electron chi connectivity index (χ4n) is 3.29. The maximum absolute atomic E-state index is 5.16. The molecule has 5 heteroatoms. The van der Waals surface area contributed by atoms with Gasteiger partial charge in [0.15, 0.2) is 5.96 Å². The van der Waals surface area contributed by atoms with Crippen molar-refractivity contribution in [3.63, 3.8) is 0 Å². The fourth-order valence-corrected chi connectivity index (χ4v) is 3.29.